The molecule has 8 nitrogen and oxygen atoms in total. The number of nitrogens with zero attached hydrogens (tertiary/aromatic N) is 2. The van der Waals surface area contributed by atoms with Gasteiger partial charge in [0.1, 0.15) is 0 Å². The molecule has 0 radical (unpaired) electrons. The topological polar surface area (TPSA) is 88.2 Å². The van der Waals surface area contributed by atoms with E-state index in [1.165, 1.54) is 30.7 Å². The Morgan fingerprint density at radius 2 is 1.76 bits per heavy atom. The van der Waals surface area contributed by atoms with Gasteiger partial charge < -0.3 is 19.7 Å². The lowest BCUT2D eigenvalue weighted by Gasteiger charge is -2.35. The number of nitrogens with one attached hydrogen (secondary N) is 1. The molecule has 1 saturated carbocycles. The molecule has 1 aliphatic heterocycles. The van der Waals surface area contributed by atoms with Gasteiger partial charge in [0.25, 0.3) is 0 Å². The molecule has 1 aliphatic carbocycles. The number of carbonyl (C=O) groups is 1. The Bertz CT molecular complexity index is 802. The Kier molecular flexibility index (Phi) is 7.37. The lowest BCUT2D eigenvalue weighted by Crippen LogP contribution is -2.52. The van der Waals surface area contributed by atoms with Crippen molar-refractivity contribution in [1.29, 1.82) is 0 Å². The summed E-state index contributed by atoms with van der Waals surface area (Å²) < 4.78 is 39.1. The number of piperazine rings is 1. The van der Waals surface area contributed by atoms with Crippen molar-refractivity contribution in [3.8, 4) is 11.5 Å². The standard InChI is InChI=1S/C20H31N3O5S/c1-27-18-9-8-17(14-19(18)28-2)29(25,26)23(16-6-4-3-5-7-16)15-20(24)22-12-10-21-11-13-22/h8-9,14,16,21H,3-7,10-13,15H2,1-2H3. The highest BCUT2D eigenvalue weighted by Crippen LogP contribution is 2.33. The summed E-state index contributed by atoms with van der Waals surface area (Å²) in [6.45, 7) is 2.55. The quantitative estimate of drug-likeness (QED) is 0.712. The van der Waals surface area contributed by atoms with Crippen LogP contribution in [-0.2, 0) is 14.8 Å². The summed E-state index contributed by atoms with van der Waals surface area (Å²) in [5, 5.41) is 3.21. The fraction of sp³-hybridized carbons (Fsp3) is 0.650. The van der Waals surface area contributed by atoms with Gasteiger partial charge in [-0.2, -0.15) is 4.31 Å². The Labute approximate surface area is 173 Å². The third-order valence-corrected chi connectivity index (χ3v) is 7.60. The summed E-state index contributed by atoms with van der Waals surface area (Å²) in [6.07, 6.45) is 4.62. The monoisotopic (exact) mass is 425 g/mol. The average Bonchev–Trinajstić information content (AvgIpc) is 2.77. The Morgan fingerprint density at radius 3 is 2.38 bits per heavy atom. The summed E-state index contributed by atoms with van der Waals surface area (Å²) in [5.74, 6) is 0.680. The van der Waals surface area contributed by atoms with E-state index in [4.69, 9.17) is 9.47 Å². The molecule has 3 rings (SSSR count). The molecule has 29 heavy (non-hydrogen) atoms. The number of sulfonamides is 1. The van der Waals surface area contributed by atoms with Crippen molar-refractivity contribution in [2.45, 2.75) is 43.0 Å². The van der Waals surface area contributed by atoms with Crippen molar-refractivity contribution in [1.82, 2.24) is 14.5 Å². The minimum absolute atomic E-state index is 0.119. The number of hydrogen-bond acceptors (Lipinski definition) is 6. The first-order chi connectivity index (χ1) is 14.0. The molecule has 0 unspecified atom stereocenters. The molecule has 0 spiro atoms. The van der Waals surface area contributed by atoms with Crippen molar-refractivity contribution < 1.29 is 22.7 Å². The largest absolute Gasteiger partial charge is 0.493 e. The van der Waals surface area contributed by atoms with Gasteiger partial charge >= 0.3 is 0 Å². The molecular formula is C20H31N3O5S. The van der Waals surface area contributed by atoms with Crippen molar-refractivity contribution in [3.63, 3.8) is 0 Å². The predicted molar refractivity (Wildman–Crippen MR) is 110 cm³/mol. The van der Waals surface area contributed by atoms with E-state index in [9.17, 15) is 13.2 Å². The normalized spacial score (nSPS) is 18.7. The summed E-state index contributed by atoms with van der Waals surface area (Å²) in [6, 6.07) is 4.41. The maximum atomic E-state index is 13.6. The van der Waals surface area contributed by atoms with E-state index in [2.05, 4.69) is 5.32 Å². The Morgan fingerprint density at radius 1 is 1.10 bits per heavy atom. The van der Waals surface area contributed by atoms with E-state index in [1.807, 2.05) is 0 Å². The summed E-state index contributed by atoms with van der Waals surface area (Å²) in [4.78, 5) is 14.8. The third kappa shape index (κ3) is 5.02. The number of benzene rings is 1. The molecule has 0 aromatic heterocycles. The van der Waals surface area contributed by atoms with Crippen LogP contribution in [0.5, 0.6) is 11.5 Å². The van der Waals surface area contributed by atoms with Crippen LogP contribution in [-0.4, -0.2) is 76.5 Å². The second-order valence-electron chi connectivity index (χ2n) is 7.49. The lowest BCUT2D eigenvalue weighted by molar-refractivity contribution is -0.132. The molecule has 1 N–H and O–H groups in total. The van der Waals surface area contributed by atoms with E-state index in [-0.39, 0.29) is 23.4 Å². The van der Waals surface area contributed by atoms with E-state index >= 15 is 0 Å². The fourth-order valence-corrected chi connectivity index (χ4v) is 5.69. The lowest BCUT2D eigenvalue weighted by atomic mass is 9.95. The van der Waals surface area contributed by atoms with E-state index in [0.29, 0.717) is 24.6 Å². The first kappa shape index (κ1) is 21.9. The third-order valence-electron chi connectivity index (χ3n) is 5.70. The SMILES string of the molecule is COc1ccc(S(=O)(=O)N(CC(=O)N2CCNCC2)C2CCCCC2)cc1OC. The van der Waals surface area contributed by atoms with Crippen LogP contribution in [0.3, 0.4) is 0 Å². The van der Waals surface area contributed by atoms with E-state index < -0.39 is 10.0 Å². The van der Waals surface area contributed by atoms with Gasteiger partial charge in [-0.15, -0.1) is 0 Å². The van der Waals surface area contributed by atoms with E-state index in [1.54, 1.807) is 11.0 Å². The smallest absolute Gasteiger partial charge is 0.243 e. The maximum Gasteiger partial charge on any atom is 0.243 e. The first-order valence-corrected chi connectivity index (χ1v) is 11.6. The molecule has 1 amide bonds. The van der Waals surface area contributed by atoms with Gasteiger partial charge in [-0.1, -0.05) is 19.3 Å². The van der Waals surface area contributed by atoms with Crippen LogP contribution in [0.15, 0.2) is 23.1 Å². The molecule has 1 heterocycles. The van der Waals surface area contributed by atoms with Gasteiger partial charge in [0.05, 0.1) is 25.7 Å². The molecule has 1 saturated heterocycles. The van der Waals surface area contributed by atoms with Gasteiger partial charge in [0.2, 0.25) is 15.9 Å². The number of rotatable bonds is 7. The second kappa shape index (κ2) is 9.77. The maximum absolute atomic E-state index is 13.6. The van der Waals surface area contributed by atoms with Gasteiger partial charge in [-0.3, -0.25) is 4.79 Å². The molecule has 9 heteroatoms. The van der Waals surface area contributed by atoms with Crippen molar-refractivity contribution in [2.75, 3.05) is 46.9 Å². The summed E-state index contributed by atoms with van der Waals surface area (Å²) in [5.41, 5.74) is 0. The molecule has 1 aromatic carbocycles. The molecule has 162 valence electrons. The zero-order valence-corrected chi connectivity index (χ0v) is 18.0. The molecule has 1 aromatic rings. The van der Waals surface area contributed by atoms with Crippen molar-refractivity contribution in [3.05, 3.63) is 18.2 Å². The van der Waals surface area contributed by atoms with Crippen LogP contribution >= 0.6 is 0 Å². The molecule has 2 fully saturated rings. The summed E-state index contributed by atoms with van der Waals surface area (Å²) in [7, 11) is -0.878. The minimum Gasteiger partial charge on any atom is -0.493 e. The Balaban J connectivity index is 1.90. The van der Waals surface area contributed by atoms with Gasteiger partial charge in [-0.05, 0) is 25.0 Å². The number of carbonyl (C=O) groups excluding carboxylic acids is 1. The van der Waals surface area contributed by atoms with E-state index in [0.717, 1.165) is 45.2 Å². The van der Waals surface area contributed by atoms with Gasteiger partial charge in [0.15, 0.2) is 11.5 Å². The summed E-state index contributed by atoms with van der Waals surface area (Å²) >= 11 is 0. The molecule has 0 atom stereocenters. The van der Waals surface area contributed by atoms with Crippen molar-refractivity contribution in [2.24, 2.45) is 0 Å². The van der Waals surface area contributed by atoms with Crippen molar-refractivity contribution >= 4 is 15.9 Å². The second-order valence-corrected chi connectivity index (χ2v) is 9.38. The zero-order valence-electron chi connectivity index (χ0n) is 17.2. The van der Waals surface area contributed by atoms with Gasteiger partial charge in [-0.25, -0.2) is 8.42 Å². The molecule has 0 bridgehead atoms. The predicted octanol–water partition coefficient (Wildman–Crippen LogP) is 1.46. The average molecular weight is 426 g/mol. The van der Waals surface area contributed by atoms with Crippen LogP contribution in [0.4, 0.5) is 0 Å². The number of methoxy groups -OCH3 is 2. The number of ether oxygens (including phenoxy) is 2. The van der Waals surface area contributed by atoms with Gasteiger partial charge in [0, 0.05) is 38.3 Å². The van der Waals surface area contributed by atoms with Crippen LogP contribution in [0.2, 0.25) is 0 Å². The highest BCUT2D eigenvalue weighted by atomic mass is 32.2. The highest BCUT2D eigenvalue weighted by Gasteiger charge is 2.35. The fourth-order valence-electron chi connectivity index (χ4n) is 4.04. The molecule has 2 aliphatic rings. The minimum atomic E-state index is -3.86. The number of amides is 1. The van der Waals surface area contributed by atoms with Crippen LogP contribution in [0, 0.1) is 0 Å². The highest BCUT2D eigenvalue weighted by molar-refractivity contribution is 7.89. The molecular weight excluding hydrogens is 394 g/mol. The van der Waals surface area contributed by atoms with Crippen LogP contribution in [0.25, 0.3) is 0 Å². The van der Waals surface area contributed by atoms with Crippen LogP contribution in [0.1, 0.15) is 32.1 Å². The zero-order chi connectivity index (χ0) is 20.9. The Hall–Kier alpha value is -1.84. The number of hydrogen-bond donors (Lipinski definition) is 1. The van der Waals surface area contributed by atoms with Crippen LogP contribution < -0.4 is 14.8 Å². The first-order valence-electron chi connectivity index (χ1n) is 10.2.